The van der Waals surface area contributed by atoms with Crippen LogP contribution < -0.4 is 5.49 Å². The van der Waals surface area contributed by atoms with Gasteiger partial charge in [-0.1, -0.05) is 20.8 Å². The fourth-order valence-electron chi connectivity index (χ4n) is 2.31. The van der Waals surface area contributed by atoms with E-state index in [-0.39, 0.29) is 11.1 Å². The SMILES string of the molecule is CC#CC.CN=c1c2ccc(C(C)(C)C)nc2cc(C(O)(O)O)n1C. The van der Waals surface area contributed by atoms with E-state index in [0.29, 0.717) is 11.0 Å². The molecule has 6 nitrogen and oxygen atoms in total. The van der Waals surface area contributed by atoms with Crippen molar-refractivity contribution < 1.29 is 15.3 Å². The number of aliphatic hydroxyl groups is 3. The molecule has 0 aliphatic rings. The Morgan fingerprint density at radius 2 is 1.64 bits per heavy atom. The van der Waals surface area contributed by atoms with Gasteiger partial charge in [0.2, 0.25) is 0 Å². The van der Waals surface area contributed by atoms with Crippen LogP contribution in [0.3, 0.4) is 0 Å². The largest absolute Gasteiger partial charge is 0.339 e. The molecule has 6 heteroatoms. The standard InChI is InChI=1S/C15H21N3O3.C4H6/c1-14(2,3)11-7-6-9-10(17-11)8-12(15(19,20)21)18(5)13(9)16-4;1-3-4-2/h6-8,19-21H,1-5H3;1-2H3. The molecule has 25 heavy (non-hydrogen) atoms. The summed E-state index contributed by atoms with van der Waals surface area (Å²) in [5.41, 5.74) is 1.71. The fourth-order valence-corrected chi connectivity index (χ4v) is 2.31. The minimum Gasteiger partial charge on any atom is -0.339 e. The van der Waals surface area contributed by atoms with Gasteiger partial charge in [-0.15, -0.1) is 11.8 Å². The number of hydrogen-bond donors (Lipinski definition) is 3. The van der Waals surface area contributed by atoms with Gasteiger partial charge in [-0.2, -0.15) is 0 Å². The van der Waals surface area contributed by atoms with Crippen LogP contribution in [0.4, 0.5) is 0 Å². The first-order valence-electron chi connectivity index (χ1n) is 7.92. The molecule has 0 unspecified atom stereocenters. The lowest BCUT2D eigenvalue weighted by Crippen LogP contribution is -2.34. The summed E-state index contributed by atoms with van der Waals surface area (Å²) >= 11 is 0. The van der Waals surface area contributed by atoms with Gasteiger partial charge in [0.25, 0.3) is 0 Å². The molecule has 0 aliphatic carbocycles. The van der Waals surface area contributed by atoms with Gasteiger partial charge < -0.3 is 19.9 Å². The molecular weight excluding hydrogens is 318 g/mol. The average molecular weight is 345 g/mol. The molecule has 0 saturated heterocycles. The quantitative estimate of drug-likeness (QED) is 0.540. The molecule has 0 radical (unpaired) electrons. The Bertz CT molecular complexity index is 867. The van der Waals surface area contributed by atoms with Crippen LogP contribution in [-0.2, 0) is 18.4 Å². The maximum Gasteiger partial charge on any atom is 0.320 e. The lowest BCUT2D eigenvalue weighted by atomic mass is 9.91. The van der Waals surface area contributed by atoms with E-state index in [1.54, 1.807) is 14.1 Å². The molecule has 3 N–H and O–H groups in total. The van der Waals surface area contributed by atoms with Gasteiger partial charge in [0, 0.05) is 30.6 Å². The van der Waals surface area contributed by atoms with E-state index >= 15 is 0 Å². The second-order valence-electron chi connectivity index (χ2n) is 6.65. The number of aromatic nitrogens is 2. The highest BCUT2D eigenvalue weighted by atomic mass is 16.7. The van der Waals surface area contributed by atoms with Crippen molar-refractivity contribution in [3.63, 3.8) is 0 Å². The van der Waals surface area contributed by atoms with Gasteiger partial charge in [-0.3, -0.25) is 9.98 Å². The predicted octanol–water partition coefficient (Wildman–Crippen LogP) is 1.52. The van der Waals surface area contributed by atoms with Crippen molar-refractivity contribution in [2.24, 2.45) is 12.0 Å². The smallest absolute Gasteiger partial charge is 0.320 e. The Labute approximate surface area is 148 Å². The fraction of sp³-hybridized carbons (Fsp3) is 0.474. The number of fused-ring (bicyclic) bond motifs is 1. The summed E-state index contributed by atoms with van der Waals surface area (Å²) in [5, 5.41) is 29.3. The topological polar surface area (TPSA) is 90.9 Å². The van der Waals surface area contributed by atoms with Crippen molar-refractivity contribution >= 4 is 10.9 Å². The van der Waals surface area contributed by atoms with E-state index in [1.165, 1.54) is 10.6 Å². The Kier molecular flexibility index (Phi) is 6.49. The van der Waals surface area contributed by atoms with Gasteiger partial charge in [-0.05, 0) is 32.0 Å². The zero-order valence-electron chi connectivity index (χ0n) is 15.9. The van der Waals surface area contributed by atoms with Crippen molar-refractivity contribution in [2.75, 3.05) is 7.05 Å². The molecule has 0 aromatic carbocycles. The van der Waals surface area contributed by atoms with Gasteiger partial charge in [0.15, 0.2) is 0 Å². The first-order valence-corrected chi connectivity index (χ1v) is 7.92. The van der Waals surface area contributed by atoms with Crippen molar-refractivity contribution in [3.8, 4) is 11.8 Å². The molecule has 0 spiro atoms. The highest BCUT2D eigenvalue weighted by molar-refractivity contribution is 5.78. The molecule has 136 valence electrons. The summed E-state index contributed by atoms with van der Waals surface area (Å²) in [5.74, 6) is 2.42. The van der Waals surface area contributed by atoms with E-state index in [4.69, 9.17) is 0 Å². The maximum absolute atomic E-state index is 9.50. The lowest BCUT2D eigenvalue weighted by Gasteiger charge is -2.21. The van der Waals surface area contributed by atoms with Crippen molar-refractivity contribution in [1.82, 2.24) is 9.55 Å². The van der Waals surface area contributed by atoms with Crippen LogP contribution in [0.2, 0.25) is 0 Å². The van der Waals surface area contributed by atoms with Crippen LogP contribution in [0.15, 0.2) is 23.2 Å². The number of nitrogens with zero attached hydrogens (tertiary/aromatic N) is 3. The summed E-state index contributed by atoms with van der Waals surface area (Å²) in [6.45, 7) is 9.78. The van der Waals surface area contributed by atoms with Crippen LogP contribution in [-0.4, -0.2) is 31.9 Å². The van der Waals surface area contributed by atoms with E-state index in [9.17, 15) is 15.3 Å². The molecule has 0 atom stereocenters. The van der Waals surface area contributed by atoms with Crippen LogP contribution in [0.5, 0.6) is 0 Å². The van der Waals surface area contributed by atoms with Gasteiger partial charge >= 0.3 is 5.97 Å². The van der Waals surface area contributed by atoms with E-state index < -0.39 is 5.97 Å². The molecular formula is C19H27N3O3. The predicted molar refractivity (Wildman–Crippen MR) is 98.4 cm³/mol. The van der Waals surface area contributed by atoms with Gasteiger partial charge in [-0.25, -0.2) is 0 Å². The van der Waals surface area contributed by atoms with Crippen molar-refractivity contribution in [1.29, 1.82) is 0 Å². The Hall–Kier alpha value is -2.20. The van der Waals surface area contributed by atoms with E-state index in [1.807, 2.05) is 46.8 Å². The average Bonchev–Trinajstić information content (AvgIpc) is 2.52. The van der Waals surface area contributed by atoms with E-state index in [0.717, 1.165) is 11.1 Å². The first-order chi connectivity index (χ1) is 11.5. The van der Waals surface area contributed by atoms with Gasteiger partial charge in [0.1, 0.15) is 11.2 Å². The number of hydrogen-bond acceptors (Lipinski definition) is 5. The van der Waals surface area contributed by atoms with Crippen LogP contribution in [0.1, 0.15) is 46.0 Å². The highest BCUT2D eigenvalue weighted by Gasteiger charge is 2.26. The second-order valence-corrected chi connectivity index (χ2v) is 6.65. The Morgan fingerprint density at radius 3 is 2.04 bits per heavy atom. The molecule has 0 aliphatic heterocycles. The Morgan fingerprint density at radius 1 is 1.08 bits per heavy atom. The van der Waals surface area contributed by atoms with Crippen LogP contribution in [0, 0.1) is 11.8 Å². The second kappa shape index (κ2) is 7.79. The van der Waals surface area contributed by atoms with E-state index in [2.05, 4.69) is 21.8 Å². The molecule has 0 bridgehead atoms. The molecule has 2 rings (SSSR count). The highest BCUT2D eigenvalue weighted by Crippen LogP contribution is 2.23. The number of pyridine rings is 2. The number of rotatable bonds is 1. The lowest BCUT2D eigenvalue weighted by molar-refractivity contribution is -0.327. The van der Waals surface area contributed by atoms with Crippen LogP contribution >= 0.6 is 0 Å². The molecule has 0 amide bonds. The Balaban J connectivity index is 0.000000705. The third-order valence-corrected chi connectivity index (χ3v) is 3.69. The third-order valence-electron chi connectivity index (χ3n) is 3.69. The van der Waals surface area contributed by atoms with Gasteiger partial charge in [0.05, 0.1) is 5.52 Å². The normalized spacial score (nSPS) is 12.3. The summed E-state index contributed by atoms with van der Waals surface area (Å²) in [4.78, 5) is 8.72. The van der Waals surface area contributed by atoms with Crippen molar-refractivity contribution in [3.05, 3.63) is 35.1 Å². The summed E-state index contributed by atoms with van der Waals surface area (Å²) in [6.07, 6.45) is 0. The van der Waals surface area contributed by atoms with Crippen LogP contribution in [0.25, 0.3) is 10.9 Å². The minimum atomic E-state index is -2.94. The zero-order valence-corrected chi connectivity index (χ0v) is 15.9. The maximum atomic E-state index is 9.50. The summed E-state index contributed by atoms with van der Waals surface area (Å²) < 4.78 is 1.43. The molecule has 2 heterocycles. The van der Waals surface area contributed by atoms with Crippen molar-refractivity contribution in [2.45, 2.75) is 46.0 Å². The first kappa shape index (κ1) is 20.8. The molecule has 0 saturated carbocycles. The molecule has 2 aromatic heterocycles. The monoisotopic (exact) mass is 345 g/mol. The minimum absolute atomic E-state index is 0.0887. The molecule has 2 aromatic rings. The zero-order chi connectivity index (χ0) is 19.4. The third kappa shape index (κ3) is 4.89. The summed E-state index contributed by atoms with van der Waals surface area (Å²) in [6, 6.07) is 5.29. The molecule has 0 fully saturated rings. The summed E-state index contributed by atoms with van der Waals surface area (Å²) in [7, 11) is 3.20.